The summed E-state index contributed by atoms with van der Waals surface area (Å²) >= 11 is 12.3. The lowest BCUT2D eigenvalue weighted by Crippen LogP contribution is -2.57. The average molecular weight is 316 g/mol. The predicted octanol–water partition coefficient (Wildman–Crippen LogP) is 1.90. The van der Waals surface area contributed by atoms with Crippen LogP contribution in [0.3, 0.4) is 0 Å². The molecule has 0 radical (unpaired) electrons. The van der Waals surface area contributed by atoms with Gasteiger partial charge in [-0.15, -0.1) is 0 Å². The van der Waals surface area contributed by atoms with Crippen molar-refractivity contribution in [2.75, 3.05) is 26.2 Å². The van der Waals surface area contributed by atoms with Crippen molar-refractivity contribution >= 4 is 29.1 Å². The van der Waals surface area contributed by atoms with Crippen molar-refractivity contribution in [3.8, 4) is 0 Å². The van der Waals surface area contributed by atoms with Crippen LogP contribution < -0.4 is 10.6 Å². The van der Waals surface area contributed by atoms with Crippen molar-refractivity contribution < 1.29 is 4.79 Å². The highest BCUT2D eigenvalue weighted by molar-refractivity contribution is 6.42. The average Bonchev–Trinajstić information content (AvgIpc) is 2.45. The Morgan fingerprint density at radius 3 is 3.05 bits per heavy atom. The minimum atomic E-state index is -0.168. The smallest absolute Gasteiger partial charge is 0.238 e. The number of carbonyl (C=O) groups is 1. The second kappa shape index (κ2) is 7.27. The number of halogens is 2. The molecule has 6 heteroatoms. The Morgan fingerprint density at radius 1 is 1.50 bits per heavy atom. The zero-order valence-corrected chi connectivity index (χ0v) is 13.0. The SMILES string of the molecule is CCNC(=O)C1CNCCN1Cc1cccc(Cl)c1Cl. The Balaban J connectivity index is 2.12. The molecular formula is C14H19Cl2N3O. The van der Waals surface area contributed by atoms with Crippen LogP contribution in [-0.2, 0) is 11.3 Å². The quantitative estimate of drug-likeness (QED) is 0.892. The van der Waals surface area contributed by atoms with Crippen LogP contribution in [0.5, 0.6) is 0 Å². The Bertz CT molecular complexity index is 481. The van der Waals surface area contributed by atoms with Crippen LogP contribution in [-0.4, -0.2) is 43.0 Å². The molecule has 1 fully saturated rings. The maximum absolute atomic E-state index is 12.1. The molecule has 0 spiro atoms. The molecule has 1 atom stereocenters. The first-order valence-electron chi connectivity index (χ1n) is 6.79. The molecule has 4 nitrogen and oxygen atoms in total. The molecule has 0 aromatic heterocycles. The van der Waals surface area contributed by atoms with Crippen molar-refractivity contribution in [1.29, 1.82) is 0 Å². The lowest BCUT2D eigenvalue weighted by atomic mass is 10.1. The van der Waals surface area contributed by atoms with E-state index in [1.54, 1.807) is 6.07 Å². The summed E-state index contributed by atoms with van der Waals surface area (Å²) in [5.41, 5.74) is 0.954. The molecule has 1 aliphatic heterocycles. The summed E-state index contributed by atoms with van der Waals surface area (Å²) in [5.74, 6) is 0.0536. The van der Waals surface area contributed by atoms with E-state index in [1.165, 1.54) is 0 Å². The molecule has 0 saturated carbocycles. The summed E-state index contributed by atoms with van der Waals surface area (Å²) < 4.78 is 0. The third-order valence-corrected chi connectivity index (χ3v) is 4.27. The largest absolute Gasteiger partial charge is 0.355 e. The topological polar surface area (TPSA) is 44.4 Å². The molecule has 110 valence electrons. The molecule has 20 heavy (non-hydrogen) atoms. The maximum Gasteiger partial charge on any atom is 0.238 e. The summed E-state index contributed by atoms with van der Waals surface area (Å²) in [6.45, 7) is 5.53. The minimum Gasteiger partial charge on any atom is -0.355 e. The van der Waals surface area contributed by atoms with Crippen molar-refractivity contribution in [1.82, 2.24) is 15.5 Å². The highest BCUT2D eigenvalue weighted by Crippen LogP contribution is 2.27. The number of rotatable bonds is 4. The number of benzene rings is 1. The number of amides is 1. The standard InChI is InChI=1S/C14H19Cl2N3O/c1-2-18-14(20)12-8-17-6-7-19(12)9-10-4-3-5-11(15)13(10)16/h3-5,12,17H,2,6-9H2,1H3,(H,18,20). The zero-order chi connectivity index (χ0) is 14.5. The van der Waals surface area contributed by atoms with Crippen LogP contribution in [0.15, 0.2) is 18.2 Å². The summed E-state index contributed by atoms with van der Waals surface area (Å²) in [5, 5.41) is 7.25. The van der Waals surface area contributed by atoms with E-state index < -0.39 is 0 Å². The number of hydrogen-bond donors (Lipinski definition) is 2. The van der Waals surface area contributed by atoms with Gasteiger partial charge in [-0.3, -0.25) is 9.69 Å². The van der Waals surface area contributed by atoms with Gasteiger partial charge in [0.2, 0.25) is 5.91 Å². The monoisotopic (exact) mass is 315 g/mol. The first-order valence-corrected chi connectivity index (χ1v) is 7.54. The number of piperazine rings is 1. The summed E-state index contributed by atoms with van der Waals surface area (Å²) in [7, 11) is 0. The number of likely N-dealkylation sites (N-methyl/N-ethyl adjacent to an activating group) is 1. The number of nitrogens with zero attached hydrogens (tertiary/aromatic N) is 1. The van der Waals surface area contributed by atoms with Crippen LogP contribution in [0, 0.1) is 0 Å². The first-order chi connectivity index (χ1) is 9.63. The van der Waals surface area contributed by atoms with Gasteiger partial charge >= 0.3 is 0 Å². The van der Waals surface area contributed by atoms with Crippen LogP contribution in [0.2, 0.25) is 10.0 Å². The fourth-order valence-corrected chi connectivity index (χ4v) is 2.76. The van der Waals surface area contributed by atoms with Gasteiger partial charge in [0.15, 0.2) is 0 Å². The number of nitrogens with one attached hydrogen (secondary N) is 2. The fraction of sp³-hybridized carbons (Fsp3) is 0.500. The molecule has 1 amide bonds. The summed E-state index contributed by atoms with van der Waals surface area (Å²) in [6.07, 6.45) is 0. The van der Waals surface area contributed by atoms with Gasteiger partial charge in [0.05, 0.1) is 10.0 Å². The zero-order valence-electron chi connectivity index (χ0n) is 11.5. The van der Waals surface area contributed by atoms with E-state index in [-0.39, 0.29) is 11.9 Å². The highest BCUT2D eigenvalue weighted by Gasteiger charge is 2.28. The van der Waals surface area contributed by atoms with Crippen LogP contribution in [0.1, 0.15) is 12.5 Å². The second-order valence-electron chi connectivity index (χ2n) is 4.80. The van der Waals surface area contributed by atoms with E-state index >= 15 is 0 Å². The predicted molar refractivity (Wildman–Crippen MR) is 82.2 cm³/mol. The van der Waals surface area contributed by atoms with Gasteiger partial charge in [-0.05, 0) is 18.6 Å². The van der Waals surface area contributed by atoms with E-state index in [2.05, 4.69) is 15.5 Å². The fourth-order valence-electron chi connectivity index (χ4n) is 2.38. The molecular weight excluding hydrogens is 297 g/mol. The molecule has 0 bridgehead atoms. The number of carbonyl (C=O) groups excluding carboxylic acids is 1. The summed E-state index contributed by atoms with van der Waals surface area (Å²) in [4.78, 5) is 14.2. The molecule has 2 rings (SSSR count). The molecule has 1 heterocycles. The third-order valence-electron chi connectivity index (χ3n) is 3.41. The Kier molecular flexibility index (Phi) is 5.66. The van der Waals surface area contributed by atoms with E-state index in [9.17, 15) is 4.79 Å². The van der Waals surface area contributed by atoms with Crippen LogP contribution in [0.25, 0.3) is 0 Å². The van der Waals surface area contributed by atoms with Crippen molar-refractivity contribution in [3.63, 3.8) is 0 Å². The molecule has 1 aliphatic rings. The Hall–Kier alpha value is -0.810. The van der Waals surface area contributed by atoms with E-state index in [0.29, 0.717) is 29.7 Å². The Labute approximate surface area is 129 Å². The lowest BCUT2D eigenvalue weighted by Gasteiger charge is -2.35. The molecule has 2 N–H and O–H groups in total. The van der Waals surface area contributed by atoms with Gasteiger partial charge in [0.1, 0.15) is 6.04 Å². The number of hydrogen-bond acceptors (Lipinski definition) is 3. The van der Waals surface area contributed by atoms with Gasteiger partial charge in [0.25, 0.3) is 0 Å². The van der Waals surface area contributed by atoms with Gasteiger partial charge in [0, 0.05) is 32.7 Å². The molecule has 0 aliphatic carbocycles. The van der Waals surface area contributed by atoms with Gasteiger partial charge in [-0.2, -0.15) is 0 Å². The van der Waals surface area contributed by atoms with Gasteiger partial charge in [-0.1, -0.05) is 35.3 Å². The molecule has 1 aromatic carbocycles. The normalized spacial score (nSPS) is 19.9. The van der Waals surface area contributed by atoms with E-state index in [0.717, 1.165) is 18.7 Å². The molecule has 1 saturated heterocycles. The molecule has 1 aromatic rings. The van der Waals surface area contributed by atoms with E-state index in [1.807, 2.05) is 19.1 Å². The van der Waals surface area contributed by atoms with Gasteiger partial charge < -0.3 is 10.6 Å². The van der Waals surface area contributed by atoms with Crippen molar-refractivity contribution in [2.24, 2.45) is 0 Å². The van der Waals surface area contributed by atoms with Gasteiger partial charge in [-0.25, -0.2) is 0 Å². The summed E-state index contributed by atoms with van der Waals surface area (Å²) in [6, 6.07) is 5.43. The maximum atomic E-state index is 12.1. The molecule has 1 unspecified atom stereocenters. The van der Waals surface area contributed by atoms with Crippen molar-refractivity contribution in [3.05, 3.63) is 33.8 Å². The minimum absolute atomic E-state index is 0.0536. The lowest BCUT2D eigenvalue weighted by molar-refractivity contribution is -0.127. The van der Waals surface area contributed by atoms with Crippen LogP contribution in [0.4, 0.5) is 0 Å². The van der Waals surface area contributed by atoms with Crippen molar-refractivity contribution in [2.45, 2.75) is 19.5 Å². The first kappa shape index (κ1) is 15.6. The second-order valence-corrected chi connectivity index (χ2v) is 5.58. The van der Waals surface area contributed by atoms with E-state index in [4.69, 9.17) is 23.2 Å². The van der Waals surface area contributed by atoms with Crippen LogP contribution >= 0.6 is 23.2 Å². The Morgan fingerprint density at radius 2 is 2.30 bits per heavy atom. The third kappa shape index (κ3) is 3.64. The highest BCUT2D eigenvalue weighted by atomic mass is 35.5.